The van der Waals surface area contributed by atoms with Crippen molar-refractivity contribution in [1.82, 2.24) is 4.90 Å². The van der Waals surface area contributed by atoms with Crippen molar-refractivity contribution >= 4 is 12.1 Å². The largest absolute Gasteiger partial charge is 0.444 e. The molecule has 6 nitrogen and oxygen atoms in total. The Morgan fingerprint density at radius 1 is 1.23 bits per heavy atom. The molecule has 1 aliphatic rings. The van der Waals surface area contributed by atoms with Gasteiger partial charge in [-0.2, -0.15) is 0 Å². The number of nitrogens with zero attached hydrogens (tertiary/aromatic N) is 1. The Bertz CT molecular complexity index is 523. The van der Waals surface area contributed by atoms with Gasteiger partial charge in [0.15, 0.2) is 0 Å². The fourth-order valence-corrected chi connectivity index (χ4v) is 1.94. The molecule has 1 amide bonds. The predicted octanol–water partition coefficient (Wildman–Crippen LogP) is 2.44. The summed E-state index contributed by atoms with van der Waals surface area (Å²) in [7, 11) is 0. The van der Waals surface area contributed by atoms with Gasteiger partial charge in [-0.25, -0.2) is 9.59 Å². The Labute approximate surface area is 129 Å². The molecule has 1 saturated heterocycles. The number of hydrogen-bond acceptors (Lipinski definition) is 5. The number of carbonyl (C=O) groups is 2. The molecule has 6 heteroatoms. The molecule has 0 saturated carbocycles. The zero-order valence-corrected chi connectivity index (χ0v) is 13.1. The van der Waals surface area contributed by atoms with E-state index in [1.807, 2.05) is 6.07 Å². The van der Waals surface area contributed by atoms with Crippen molar-refractivity contribution in [2.45, 2.75) is 32.7 Å². The lowest BCUT2D eigenvalue weighted by Crippen LogP contribution is -2.48. The van der Waals surface area contributed by atoms with Crippen LogP contribution in [0.15, 0.2) is 30.3 Å². The number of ether oxygens (including phenoxy) is 3. The summed E-state index contributed by atoms with van der Waals surface area (Å²) in [6.07, 6.45) is -1.22. The smallest absolute Gasteiger partial charge is 0.410 e. The summed E-state index contributed by atoms with van der Waals surface area (Å²) in [5.41, 5.74) is -0.119. The van der Waals surface area contributed by atoms with Gasteiger partial charge in [0.05, 0.1) is 18.7 Å². The van der Waals surface area contributed by atoms with Crippen LogP contribution in [-0.2, 0) is 14.2 Å². The van der Waals surface area contributed by atoms with E-state index >= 15 is 0 Å². The molecule has 1 atom stereocenters. The van der Waals surface area contributed by atoms with Crippen LogP contribution in [-0.4, -0.2) is 48.5 Å². The molecule has 1 aromatic carbocycles. The van der Waals surface area contributed by atoms with Gasteiger partial charge < -0.3 is 14.2 Å². The van der Waals surface area contributed by atoms with E-state index in [2.05, 4.69) is 0 Å². The van der Waals surface area contributed by atoms with Crippen LogP contribution < -0.4 is 0 Å². The first-order valence-corrected chi connectivity index (χ1v) is 7.21. The Kier molecular flexibility index (Phi) is 5.03. The van der Waals surface area contributed by atoms with Crippen LogP contribution in [0.25, 0.3) is 0 Å². The van der Waals surface area contributed by atoms with Crippen molar-refractivity contribution in [2.24, 2.45) is 0 Å². The van der Waals surface area contributed by atoms with Crippen molar-refractivity contribution in [3.05, 3.63) is 35.9 Å². The van der Waals surface area contributed by atoms with Gasteiger partial charge in [0, 0.05) is 6.54 Å². The molecule has 1 aromatic rings. The summed E-state index contributed by atoms with van der Waals surface area (Å²) < 4.78 is 16.0. The van der Waals surface area contributed by atoms with Gasteiger partial charge in [0.1, 0.15) is 5.60 Å². The lowest BCUT2D eigenvalue weighted by atomic mass is 10.2. The molecule has 1 fully saturated rings. The highest BCUT2D eigenvalue weighted by Crippen LogP contribution is 2.14. The summed E-state index contributed by atoms with van der Waals surface area (Å²) in [5, 5.41) is 0. The maximum atomic E-state index is 12.0. The summed E-state index contributed by atoms with van der Waals surface area (Å²) in [4.78, 5) is 25.5. The van der Waals surface area contributed by atoms with Crippen LogP contribution in [0, 0.1) is 0 Å². The molecule has 2 rings (SSSR count). The van der Waals surface area contributed by atoms with Crippen molar-refractivity contribution in [1.29, 1.82) is 0 Å². The van der Waals surface area contributed by atoms with Gasteiger partial charge in [0.2, 0.25) is 6.29 Å². The second kappa shape index (κ2) is 6.79. The van der Waals surface area contributed by atoms with Crippen LogP contribution in [0.5, 0.6) is 0 Å². The van der Waals surface area contributed by atoms with Crippen LogP contribution in [0.2, 0.25) is 0 Å². The number of hydrogen-bond donors (Lipinski definition) is 0. The van der Waals surface area contributed by atoms with Crippen LogP contribution >= 0.6 is 0 Å². The summed E-state index contributed by atoms with van der Waals surface area (Å²) in [5.74, 6) is -0.475. The fraction of sp³-hybridized carbons (Fsp3) is 0.500. The van der Waals surface area contributed by atoms with Crippen LogP contribution in [0.3, 0.4) is 0 Å². The molecule has 1 aliphatic heterocycles. The summed E-state index contributed by atoms with van der Waals surface area (Å²) >= 11 is 0. The Morgan fingerprint density at radius 3 is 2.55 bits per heavy atom. The van der Waals surface area contributed by atoms with E-state index < -0.39 is 24.0 Å². The molecular formula is C16H21NO5. The zero-order chi connectivity index (χ0) is 16.2. The molecule has 1 heterocycles. The van der Waals surface area contributed by atoms with Gasteiger partial charge in [-0.1, -0.05) is 18.2 Å². The van der Waals surface area contributed by atoms with Crippen LogP contribution in [0.1, 0.15) is 31.1 Å². The monoisotopic (exact) mass is 307 g/mol. The van der Waals surface area contributed by atoms with Crippen molar-refractivity contribution in [2.75, 3.05) is 19.7 Å². The SMILES string of the molecule is CC(C)(C)OC(=O)N1CCO[C@@H](OC(=O)c2ccccc2)C1. The van der Waals surface area contributed by atoms with Gasteiger partial charge in [-0.15, -0.1) is 0 Å². The molecule has 0 spiro atoms. The first kappa shape index (κ1) is 16.3. The molecular weight excluding hydrogens is 286 g/mol. The van der Waals surface area contributed by atoms with E-state index in [0.717, 1.165) is 0 Å². The topological polar surface area (TPSA) is 65.1 Å². The Morgan fingerprint density at radius 2 is 1.91 bits per heavy atom. The molecule has 0 aromatic heterocycles. The van der Waals surface area contributed by atoms with E-state index in [9.17, 15) is 9.59 Å². The maximum Gasteiger partial charge on any atom is 0.410 e. The van der Waals surface area contributed by atoms with Gasteiger partial charge in [-0.05, 0) is 32.9 Å². The lowest BCUT2D eigenvalue weighted by molar-refractivity contribution is -0.148. The minimum Gasteiger partial charge on any atom is -0.444 e. The number of rotatable bonds is 2. The zero-order valence-electron chi connectivity index (χ0n) is 13.1. The van der Waals surface area contributed by atoms with Crippen LogP contribution in [0.4, 0.5) is 4.79 Å². The Balaban J connectivity index is 1.91. The van der Waals surface area contributed by atoms with Gasteiger partial charge in [-0.3, -0.25) is 4.90 Å². The average molecular weight is 307 g/mol. The number of benzene rings is 1. The number of carbonyl (C=O) groups excluding carboxylic acids is 2. The second-order valence-corrected chi connectivity index (χ2v) is 6.00. The highest BCUT2D eigenvalue weighted by atomic mass is 16.7. The minimum absolute atomic E-state index is 0.160. The quantitative estimate of drug-likeness (QED) is 0.785. The van der Waals surface area contributed by atoms with Gasteiger partial charge in [0.25, 0.3) is 0 Å². The minimum atomic E-state index is -0.783. The molecule has 0 radical (unpaired) electrons. The highest BCUT2D eigenvalue weighted by Gasteiger charge is 2.30. The fourth-order valence-electron chi connectivity index (χ4n) is 1.94. The molecule has 0 N–H and O–H groups in total. The summed E-state index contributed by atoms with van der Waals surface area (Å²) in [6.45, 7) is 6.28. The van der Waals surface area contributed by atoms with E-state index in [1.165, 1.54) is 4.90 Å². The third-order valence-corrected chi connectivity index (χ3v) is 2.93. The van der Waals surface area contributed by atoms with E-state index in [0.29, 0.717) is 18.7 Å². The third kappa shape index (κ3) is 4.73. The summed E-state index contributed by atoms with van der Waals surface area (Å²) in [6, 6.07) is 8.66. The van der Waals surface area contributed by atoms with E-state index in [1.54, 1.807) is 45.0 Å². The maximum absolute atomic E-state index is 12.0. The molecule has 0 aliphatic carbocycles. The number of amides is 1. The average Bonchev–Trinajstić information content (AvgIpc) is 2.46. The molecule has 22 heavy (non-hydrogen) atoms. The number of morpholine rings is 1. The van der Waals surface area contributed by atoms with E-state index in [4.69, 9.17) is 14.2 Å². The van der Waals surface area contributed by atoms with Crippen molar-refractivity contribution < 1.29 is 23.8 Å². The predicted molar refractivity (Wildman–Crippen MR) is 79.4 cm³/mol. The normalized spacial score (nSPS) is 18.7. The lowest BCUT2D eigenvalue weighted by Gasteiger charge is -2.33. The highest BCUT2D eigenvalue weighted by molar-refractivity contribution is 5.89. The molecule has 0 unspecified atom stereocenters. The molecule has 120 valence electrons. The van der Waals surface area contributed by atoms with Crippen molar-refractivity contribution in [3.8, 4) is 0 Å². The number of esters is 1. The van der Waals surface area contributed by atoms with E-state index in [-0.39, 0.29) is 6.54 Å². The standard InChI is InChI=1S/C16H21NO5/c1-16(2,3)22-15(19)17-9-10-20-13(11-17)21-14(18)12-7-5-4-6-8-12/h4-8,13H,9-11H2,1-3H3/t13-/m0/s1. The second-order valence-electron chi connectivity index (χ2n) is 6.00. The first-order chi connectivity index (χ1) is 10.3. The van der Waals surface area contributed by atoms with Gasteiger partial charge >= 0.3 is 12.1 Å². The molecule has 0 bridgehead atoms. The third-order valence-electron chi connectivity index (χ3n) is 2.93. The Hall–Kier alpha value is -2.08. The first-order valence-electron chi connectivity index (χ1n) is 7.21. The van der Waals surface area contributed by atoms with Crippen molar-refractivity contribution in [3.63, 3.8) is 0 Å².